The van der Waals surface area contributed by atoms with E-state index < -0.39 is 0 Å². The zero-order chi connectivity index (χ0) is 21.3. The van der Waals surface area contributed by atoms with E-state index >= 15 is 0 Å². The molecule has 1 amide bonds. The van der Waals surface area contributed by atoms with Gasteiger partial charge < -0.3 is 16.0 Å². The van der Waals surface area contributed by atoms with Crippen LogP contribution in [0.5, 0.6) is 0 Å². The fourth-order valence-corrected chi connectivity index (χ4v) is 4.41. The van der Waals surface area contributed by atoms with Crippen LogP contribution >= 0.6 is 35.3 Å². The van der Waals surface area contributed by atoms with Crippen LogP contribution in [0.3, 0.4) is 0 Å². The first kappa shape index (κ1) is 25.5. The van der Waals surface area contributed by atoms with Crippen LogP contribution in [0, 0.1) is 6.92 Å². The highest BCUT2D eigenvalue weighted by Gasteiger charge is 2.29. The van der Waals surface area contributed by atoms with Crippen molar-refractivity contribution < 1.29 is 4.79 Å². The lowest BCUT2D eigenvalue weighted by atomic mass is 10.2. The Labute approximate surface area is 206 Å². The third kappa shape index (κ3) is 7.73. The molecule has 2 heterocycles. The second-order valence-electron chi connectivity index (χ2n) is 7.62. The van der Waals surface area contributed by atoms with Crippen molar-refractivity contribution in [1.29, 1.82) is 0 Å². The van der Waals surface area contributed by atoms with E-state index in [2.05, 4.69) is 75.0 Å². The number of hydrogen-bond donors (Lipinski definition) is 3. The van der Waals surface area contributed by atoms with Crippen LogP contribution in [-0.4, -0.2) is 60.0 Å². The summed E-state index contributed by atoms with van der Waals surface area (Å²) >= 11 is 1.36. The lowest BCUT2D eigenvalue weighted by Gasteiger charge is -2.21. The van der Waals surface area contributed by atoms with E-state index in [0.29, 0.717) is 30.1 Å². The quantitative estimate of drug-likeness (QED) is 0.202. The predicted molar refractivity (Wildman–Crippen MR) is 138 cm³/mol. The molecule has 2 atom stereocenters. The van der Waals surface area contributed by atoms with E-state index in [1.54, 1.807) is 5.51 Å². The van der Waals surface area contributed by atoms with E-state index in [1.807, 2.05) is 6.92 Å². The molecule has 1 saturated heterocycles. The van der Waals surface area contributed by atoms with Crippen LogP contribution in [0.4, 0.5) is 0 Å². The molecule has 3 N–H and O–H groups in total. The summed E-state index contributed by atoms with van der Waals surface area (Å²) in [6.07, 6.45) is 1.08. The number of guanidine groups is 1. The first-order valence-electron chi connectivity index (χ1n) is 10.6. The van der Waals surface area contributed by atoms with Crippen molar-refractivity contribution in [3.8, 4) is 0 Å². The summed E-state index contributed by atoms with van der Waals surface area (Å²) in [4.78, 5) is 24.1. The summed E-state index contributed by atoms with van der Waals surface area (Å²) in [5.41, 5.74) is 3.81. The fraction of sp³-hybridized carbons (Fsp3) is 0.500. The van der Waals surface area contributed by atoms with Gasteiger partial charge >= 0.3 is 0 Å². The molecule has 1 aliphatic rings. The molecule has 0 spiro atoms. The zero-order valence-corrected chi connectivity index (χ0v) is 21.6. The monoisotopic (exact) mass is 556 g/mol. The smallest absolute Gasteiger partial charge is 0.263 e. The Morgan fingerprint density at radius 3 is 2.74 bits per heavy atom. The number of rotatable bonds is 8. The maximum atomic E-state index is 12.2. The van der Waals surface area contributed by atoms with Gasteiger partial charge in [-0.05, 0) is 32.8 Å². The maximum absolute atomic E-state index is 12.2. The highest BCUT2D eigenvalue weighted by molar-refractivity contribution is 14.0. The van der Waals surface area contributed by atoms with Crippen molar-refractivity contribution >= 4 is 47.2 Å². The molecule has 2 aromatic rings. The van der Waals surface area contributed by atoms with E-state index in [1.165, 1.54) is 16.9 Å². The Morgan fingerprint density at radius 1 is 1.29 bits per heavy atom. The van der Waals surface area contributed by atoms with Crippen LogP contribution in [0.1, 0.15) is 41.2 Å². The van der Waals surface area contributed by atoms with E-state index in [-0.39, 0.29) is 29.9 Å². The average molecular weight is 557 g/mol. The van der Waals surface area contributed by atoms with Crippen LogP contribution in [0.15, 0.2) is 40.8 Å². The van der Waals surface area contributed by atoms with Crippen LogP contribution in [0.2, 0.25) is 0 Å². The van der Waals surface area contributed by atoms with Gasteiger partial charge in [0.25, 0.3) is 5.91 Å². The van der Waals surface area contributed by atoms with Gasteiger partial charge in [0.2, 0.25) is 0 Å². The van der Waals surface area contributed by atoms with Gasteiger partial charge in [-0.15, -0.1) is 35.3 Å². The van der Waals surface area contributed by atoms with Crippen molar-refractivity contribution in [1.82, 2.24) is 25.8 Å². The van der Waals surface area contributed by atoms with Gasteiger partial charge in [0, 0.05) is 38.3 Å². The summed E-state index contributed by atoms with van der Waals surface area (Å²) in [7, 11) is 0. The number of amides is 1. The number of aliphatic imine (C=N–C) groups is 1. The van der Waals surface area contributed by atoms with Crippen LogP contribution in [0.25, 0.3) is 0 Å². The number of nitrogens with one attached hydrogen (secondary N) is 3. The summed E-state index contributed by atoms with van der Waals surface area (Å²) in [5.74, 6) is 0.726. The normalized spacial score (nSPS) is 19.0. The molecule has 9 heteroatoms. The number of nitrogens with zero attached hydrogens (tertiary/aromatic N) is 3. The first-order chi connectivity index (χ1) is 14.6. The number of benzene rings is 1. The lowest BCUT2D eigenvalue weighted by Crippen LogP contribution is -2.45. The summed E-state index contributed by atoms with van der Waals surface area (Å²) in [5, 5.41) is 9.80. The molecule has 0 bridgehead atoms. The zero-order valence-electron chi connectivity index (χ0n) is 18.4. The van der Waals surface area contributed by atoms with Crippen molar-refractivity contribution in [2.45, 2.75) is 45.8 Å². The van der Waals surface area contributed by atoms with Gasteiger partial charge in [-0.3, -0.25) is 14.7 Å². The molecule has 0 radical (unpaired) electrons. The molecule has 7 nitrogen and oxygen atoms in total. The number of carbonyl (C=O) groups excluding carboxylic acids is 1. The largest absolute Gasteiger partial charge is 0.357 e. The van der Waals surface area contributed by atoms with Gasteiger partial charge in [0.15, 0.2) is 5.96 Å². The number of aryl methyl sites for hydroxylation is 1. The fourth-order valence-electron chi connectivity index (χ4n) is 3.69. The van der Waals surface area contributed by atoms with Gasteiger partial charge in [0.05, 0.1) is 17.7 Å². The first-order valence-corrected chi connectivity index (χ1v) is 11.5. The van der Waals surface area contributed by atoms with E-state index in [9.17, 15) is 4.79 Å². The van der Waals surface area contributed by atoms with Gasteiger partial charge in [-0.1, -0.05) is 30.3 Å². The lowest BCUT2D eigenvalue weighted by molar-refractivity contribution is 0.0958. The van der Waals surface area contributed by atoms with Crippen molar-refractivity contribution in [3.05, 3.63) is 52.0 Å². The average Bonchev–Trinajstić information content (AvgIpc) is 3.31. The van der Waals surface area contributed by atoms with Crippen molar-refractivity contribution in [3.63, 3.8) is 0 Å². The molecule has 31 heavy (non-hydrogen) atoms. The van der Waals surface area contributed by atoms with Crippen LogP contribution in [-0.2, 0) is 6.54 Å². The standard InChI is InChI=1S/C22H32N6OS.HI/c1-4-23-22(25-11-10-24-21(29)20-17(3)26-15-30-20)27-19-12-16(2)28(14-19)13-18-8-6-5-7-9-18;/h5-9,15-16,19H,4,10-14H2,1-3H3,(H,24,29)(H2,23,25,27);1H. The maximum Gasteiger partial charge on any atom is 0.263 e. The third-order valence-corrected chi connectivity index (χ3v) is 6.16. The Bertz CT molecular complexity index is 844. The molecular formula is C22H33IN6OS. The SMILES string of the molecule is CCNC(=NCCNC(=O)c1scnc1C)NC1CC(C)N(Cc2ccccc2)C1.I. The summed E-state index contributed by atoms with van der Waals surface area (Å²) < 4.78 is 0. The number of aromatic nitrogens is 1. The molecule has 3 rings (SSSR count). The topological polar surface area (TPSA) is 81.6 Å². The summed E-state index contributed by atoms with van der Waals surface area (Å²) in [6, 6.07) is 11.5. The third-order valence-electron chi connectivity index (χ3n) is 5.24. The van der Waals surface area contributed by atoms with E-state index in [0.717, 1.165) is 37.7 Å². The van der Waals surface area contributed by atoms with Gasteiger partial charge in [0.1, 0.15) is 4.88 Å². The van der Waals surface area contributed by atoms with Gasteiger partial charge in [-0.25, -0.2) is 4.98 Å². The number of hydrogen-bond acceptors (Lipinski definition) is 5. The minimum Gasteiger partial charge on any atom is -0.357 e. The Hall–Kier alpha value is -1.72. The Balaban J connectivity index is 0.00000341. The predicted octanol–water partition coefficient (Wildman–Crippen LogP) is 3.02. The molecule has 170 valence electrons. The highest BCUT2D eigenvalue weighted by atomic mass is 127. The van der Waals surface area contributed by atoms with Gasteiger partial charge in [-0.2, -0.15) is 0 Å². The highest BCUT2D eigenvalue weighted by Crippen LogP contribution is 2.20. The second-order valence-corrected chi connectivity index (χ2v) is 8.48. The van der Waals surface area contributed by atoms with E-state index in [4.69, 9.17) is 0 Å². The molecule has 0 saturated carbocycles. The minimum atomic E-state index is -0.0793. The molecule has 2 unspecified atom stereocenters. The molecule has 1 aromatic heterocycles. The molecule has 1 aliphatic heterocycles. The Morgan fingerprint density at radius 2 is 2.06 bits per heavy atom. The number of carbonyl (C=O) groups is 1. The molecule has 1 fully saturated rings. The number of likely N-dealkylation sites (tertiary alicyclic amines) is 1. The van der Waals surface area contributed by atoms with Crippen molar-refractivity contribution in [2.75, 3.05) is 26.2 Å². The second kappa shape index (κ2) is 13.0. The molecule has 0 aliphatic carbocycles. The number of thiazole rings is 1. The molecular weight excluding hydrogens is 523 g/mol. The minimum absolute atomic E-state index is 0. The Kier molecular flexibility index (Phi) is 10.7. The van der Waals surface area contributed by atoms with Crippen molar-refractivity contribution in [2.24, 2.45) is 4.99 Å². The van der Waals surface area contributed by atoms with Crippen LogP contribution < -0.4 is 16.0 Å². The number of halogens is 1. The molecule has 1 aromatic carbocycles. The summed E-state index contributed by atoms with van der Waals surface area (Å²) in [6.45, 7) is 9.96.